The van der Waals surface area contributed by atoms with Crippen LogP contribution in [0.5, 0.6) is 11.5 Å². The first-order chi connectivity index (χ1) is 15.5. The molecule has 1 aliphatic heterocycles. The van der Waals surface area contributed by atoms with Crippen molar-refractivity contribution in [3.05, 3.63) is 53.6 Å². The van der Waals surface area contributed by atoms with Gasteiger partial charge < -0.3 is 20.1 Å². The van der Waals surface area contributed by atoms with Crippen molar-refractivity contribution in [1.29, 1.82) is 5.26 Å². The van der Waals surface area contributed by atoms with Crippen molar-refractivity contribution in [2.75, 3.05) is 25.2 Å². The third-order valence-electron chi connectivity index (χ3n) is 5.67. The zero-order valence-corrected chi connectivity index (χ0v) is 18.4. The number of nitriles is 1. The summed E-state index contributed by atoms with van der Waals surface area (Å²) in [7, 11) is 1.61. The molecule has 0 aromatic heterocycles. The van der Waals surface area contributed by atoms with Gasteiger partial charge in [-0.3, -0.25) is 9.59 Å². The highest BCUT2D eigenvalue weighted by Gasteiger charge is 2.32. The topological polar surface area (TPSA) is 106 Å². The molecule has 1 unspecified atom stereocenters. The van der Waals surface area contributed by atoms with E-state index < -0.39 is 5.91 Å². The summed E-state index contributed by atoms with van der Waals surface area (Å²) in [6.07, 6.45) is 4.84. The van der Waals surface area contributed by atoms with Gasteiger partial charge in [0.25, 0.3) is 0 Å². The first-order valence-electron chi connectivity index (χ1n) is 10.9. The molecule has 3 rings (SSSR count). The fourth-order valence-electron chi connectivity index (χ4n) is 3.91. The van der Waals surface area contributed by atoms with Crippen LogP contribution >= 0.6 is 0 Å². The van der Waals surface area contributed by atoms with Gasteiger partial charge in [-0.15, -0.1) is 0 Å². The Morgan fingerprint density at radius 1 is 1.16 bits per heavy atom. The molecule has 2 aromatic carbocycles. The number of nitrogens with two attached hydrogens (primary N) is 1. The zero-order valence-electron chi connectivity index (χ0n) is 18.4. The minimum absolute atomic E-state index is 0.00674. The molecule has 0 radical (unpaired) electrons. The van der Waals surface area contributed by atoms with E-state index in [9.17, 15) is 9.59 Å². The van der Waals surface area contributed by atoms with Crippen molar-refractivity contribution in [3.63, 3.8) is 0 Å². The number of anilines is 1. The Morgan fingerprint density at radius 3 is 2.72 bits per heavy atom. The maximum absolute atomic E-state index is 12.7. The summed E-state index contributed by atoms with van der Waals surface area (Å²) in [4.78, 5) is 25.9. The second-order valence-corrected chi connectivity index (χ2v) is 7.90. The minimum atomic E-state index is -0.517. The van der Waals surface area contributed by atoms with E-state index in [1.54, 1.807) is 30.2 Å². The average Bonchev–Trinajstić information content (AvgIpc) is 3.20. The van der Waals surface area contributed by atoms with Crippen LogP contribution in [0.3, 0.4) is 0 Å². The average molecular weight is 436 g/mol. The number of carbonyl (C=O) groups excluding carboxylic acids is 2. The number of methoxy groups -OCH3 is 1. The van der Waals surface area contributed by atoms with E-state index in [2.05, 4.69) is 6.07 Å². The number of rotatable bonds is 11. The molecule has 32 heavy (non-hydrogen) atoms. The number of hydrogen-bond donors (Lipinski definition) is 1. The number of ether oxygens (including phenoxy) is 2. The summed E-state index contributed by atoms with van der Waals surface area (Å²) in [6.45, 7) is 1.09. The standard InChI is InChI=1S/C25H29N3O4/c1-31-22-11-10-18(15-23(22)32-13-6-4-2-3-5-12-26)20-16-24(29)28(17-20)21-9-7-8-19(14-21)25(27)30/h7-11,14-15,20H,2-6,13,16-17H2,1H3,(H2,27,30). The van der Waals surface area contributed by atoms with Crippen LogP contribution in [0.15, 0.2) is 42.5 Å². The lowest BCUT2D eigenvalue weighted by Crippen LogP contribution is -2.24. The molecule has 168 valence electrons. The summed E-state index contributed by atoms with van der Waals surface area (Å²) in [6, 6.07) is 14.8. The number of unbranched alkanes of at least 4 members (excludes halogenated alkanes) is 4. The normalized spacial score (nSPS) is 15.4. The molecule has 0 aliphatic carbocycles. The van der Waals surface area contributed by atoms with Crippen molar-refractivity contribution >= 4 is 17.5 Å². The number of carbonyl (C=O) groups is 2. The van der Waals surface area contributed by atoms with Crippen LogP contribution in [0.4, 0.5) is 5.69 Å². The maximum atomic E-state index is 12.7. The molecule has 7 nitrogen and oxygen atoms in total. The molecule has 1 heterocycles. The van der Waals surface area contributed by atoms with Crippen LogP contribution in [-0.4, -0.2) is 32.1 Å². The lowest BCUT2D eigenvalue weighted by atomic mass is 9.98. The number of amides is 2. The largest absolute Gasteiger partial charge is 0.493 e. The first kappa shape index (κ1) is 23.1. The Bertz CT molecular complexity index is 999. The van der Waals surface area contributed by atoms with Gasteiger partial charge in [0, 0.05) is 36.6 Å². The first-order valence-corrected chi connectivity index (χ1v) is 10.9. The van der Waals surface area contributed by atoms with Gasteiger partial charge >= 0.3 is 0 Å². The van der Waals surface area contributed by atoms with Gasteiger partial charge in [-0.2, -0.15) is 5.26 Å². The fraction of sp³-hybridized carbons (Fsp3) is 0.400. The van der Waals surface area contributed by atoms with Crippen LogP contribution in [-0.2, 0) is 4.79 Å². The molecule has 0 saturated carbocycles. The summed E-state index contributed by atoms with van der Waals surface area (Å²) < 4.78 is 11.4. The zero-order chi connectivity index (χ0) is 22.9. The fourth-order valence-corrected chi connectivity index (χ4v) is 3.91. The van der Waals surface area contributed by atoms with Gasteiger partial charge in [0.1, 0.15) is 0 Å². The quantitative estimate of drug-likeness (QED) is 0.533. The van der Waals surface area contributed by atoms with Gasteiger partial charge in [0.15, 0.2) is 11.5 Å². The molecule has 1 fully saturated rings. The van der Waals surface area contributed by atoms with Gasteiger partial charge in [0.2, 0.25) is 11.8 Å². The van der Waals surface area contributed by atoms with Crippen molar-refractivity contribution in [2.45, 2.75) is 44.4 Å². The number of nitrogens with zero attached hydrogens (tertiary/aromatic N) is 2. The summed E-state index contributed by atoms with van der Waals surface area (Å²) in [5.74, 6) is 0.834. The molecule has 1 aliphatic rings. The molecule has 2 N–H and O–H groups in total. The number of hydrogen-bond acceptors (Lipinski definition) is 5. The van der Waals surface area contributed by atoms with Gasteiger partial charge in [-0.1, -0.05) is 25.0 Å². The molecule has 0 spiro atoms. The Kier molecular flexibility index (Phi) is 8.09. The van der Waals surface area contributed by atoms with Crippen LogP contribution in [0, 0.1) is 11.3 Å². The maximum Gasteiger partial charge on any atom is 0.248 e. The van der Waals surface area contributed by atoms with E-state index >= 15 is 0 Å². The molecular formula is C25H29N3O4. The molecule has 0 bridgehead atoms. The third-order valence-corrected chi connectivity index (χ3v) is 5.67. The highest BCUT2D eigenvalue weighted by molar-refractivity contribution is 5.99. The summed E-state index contributed by atoms with van der Waals surface area (Å²) in [5, 5.41) is 8.59. The Balaban J connectivity index is 1.65. The SMILES string of the molecule is COc1ccc(C2CC(=O)N(c3cccc(C(N)=O)c3)C2)cc1OCCCCCCC#N. The van der Waals surface area contributed by atoms with E-state index in [0.29, 0.717) is 48.7 Å². The highest BCUT2D eigenvalue weighted by Crippen LogP contribution is 2.36. The molecule has 2 aromatic rings. The van der Waals surface area contributed by atoms with E-state index in [1.165, 1.54) is 0 Å². The lowest BCUT2D eigenvalue weighted by Gasteiger charge is -2.18. The van der Waals surface area contributed by atoms with Crippen molar-refractivity contribution in [2.24, 2.45) is 5.73 Å². The lowest BCUT2D eigenvalue weighted by molar-refractivity contribution is -0.117. The van der Waals surface area contributed by atoms with Gasteiger partial charge in [0.05, 0.1) is 19.8 Å². The molecule has 7 heteroatoms. The molecular weight excluding hydrogens is 406 g/mol. The van der Waals surface area contributed by atoms with Crippen molar-refractivity contribution < 1.29 is 19.1 Å². The Labute approximate surface area is 188 Å². The van der Waals surface area contributed by atoms with Gasteiger partial charge in [-0.05, 0) is 48.7 Å². The Morgan fingerprint density at radius 2 is 1.97 bits per heavy atom. The molecule has 1 atom stereocenters. The van der Waals surface area contributed by atoms with Crippen molar-refractivity contribution in [3.8, 4) is 17.6 Å². The smallest absolute Gasteiger partial charge is 0.248 e. The van der Waals surface area contributed by atoms with Crippen LogP contribution in [0.2, 0.25) is 0 Å². The van der Waals surface area contributed by atoms with Gasteiger partial charge in [-0.25, -0.2) is 0 Å². The second-order valence-electron chi connectivity index (χ2n) is 7.90. The minimum Gasteiger partial charge on any atom is -0.493 e. The van der Waals surface area contributed by atoms with E-state index in [0.717, 1.165) is 31.2 Å². The van der Waals surface area contributed by atoms with E-state index in [-0.39, 0.29) is 11.8 Å². The monoisotopic (exact) mass is 435 g/mol. The molecule has 2 amide bonds. The van der Waals surface area contributed by atoms with Crippen LogP contribution < -0.4 is 20.1 Å². The van der Waals surface area contributed by atoms with Crippen LogP contribution in [0.1, 0.15) is 60.4 Å². The predicted molar refractivity (Wildman–Crippen MR) is 122 cm³/mol. The van der Waals surface area contributed by atoms with E-state index in [1.807, 2.05) is 24.3 Å². The van der Waals surface area contributed by atoms with Crippen molar-refractivity contribution in [1.82, 2.24) is 0 Å². The number of primary amides is 1. The predicted octanol–water partition coefficient (Wildman–Crippen LogP) is 4.17. The highest BCUT2D eigenvalue weighted by atomic mass is 16.5. The Hall–Kier alpha value is -3.53. The summed E-state index contributed by atoms with van der Waals surface area (Å²) >= 11 is 0. The molecule has 1 saturated heterocycles. The number of benzene rings is 2. The third kappa shape index (κ3) is 5.79. The van der Waals surface area contributed by atoms with Crippen LogP contribution in [0.25, 0.3) is 0 Å². The summed E-state index contributed by atoms with van der Waals surface area (Å²) in [5.41, 5.74) is 7.45. The van der Waals surface area contributed by atoms with E-state index in [4.69, 9.17) is 20.5 Å². The second kappa shape index (κ2) is 11.2.